The lowest BCUT2D eigenvalue weighted by atomic mass is 9.98. The van der Waals surface area contributed by atoms with Crippen LogP contribution in [0.1, 0.15) is 48.0 Å². The highest BCUT2D eigenvalue weighted by molar-refractivity contribution is 6.31. The van der Waals surface area contributed by atoms with Crippen LogP contribution in [0.5, 0.6) is 0 Å². The van der Waals surface area contributed by atoms with E-state index in [4.69, 9.17) is 20.8 Å². The van der Waals surface area contributed by atoms with Gasteiger partial charge in [0.05, 0.1) is 23.1 Å². The molecule has 0 saturated heterocycles. The molecule has 0 bridgehead atoms. The van der Waals surface area contributed by atoms with E-state index in [9.17, 15) is 9.59 Å². The molecule has 0 unspecified atom stereocenters. The Morgan fingerprint density at radius 3 is 2.62 bits per heavy atom. The van der Waals surface area contributed by atoms with Crippen LogP contribution in [0.15, 0.2) is 57.7 Å². The summed E-state index contributed by atoms with van der Waals surface area (Å²) >= 11 is 6.09. The first-order valence-electron chi connectivity index (χ1n) is 9.71. The molecule has 4 rings (SSSR count). The van der Waals surface area contributed by atoms with Crippen molar-refractivity contribution < 1.29 is 13.9 Å². The summed E-state index contributed by atoms with van der Waals surface area (Å²) in [5.74, 6) is -0.157. The third-order valence-corrected chi connectivity index (χ3v) is 5.27. The molecule has 2 heterocycles. The summed E-state index contributed by atoms with van der Waals surface area (Å²) in [7, 11) is 0. The molecule has 2 aromatic carbocycles. The first-order chi connectivity index (χ1) is 14.0. The monoisotopic (exact) mass is 411 g/mol. The minimum Gasteiger partial charge on any atom is -0.450 e. The Hall–Kier alpha value is -2.63. The van der Waals surface area contributed by atoms with E-state index in [0.717, 1.165) is 5.56 Å². The van der Waals surface area contributed by atoms with E-state index in [1.807, 2.05) is 44.2 Å². The minimum atomic E-state index is -0.489. The standard InChI is InChI=1S/C23H22ClNO4/c1-14(2)28-12-6-11-25-20(15-7-4-3-5-8-15)19-21(26)17-13-16(24)9-10-18(17)29-22(19)23(25)27/h3-5,7-10,13-14,20H,6,11-12H2,1-2H3/t20-/m0/s1. The molecule has 0 saturated carbocycles. The molecule has 0 spiro atoms. The predicted molar refractivity (Wildman–Crippen MR) is 113 cm³/mol. The summed E-state index contributed by atoms with van der Waals surface area (Å²) in [6.45, 7) is 4.95. The summed E-state index contributed by atoms with van der Waals surface area (Å²) in [5, 5.41) is 0.836. The van der Waals surface area contributed by atoms with Crippen molar-refractivity contribution in [3.8, 4) is 0 Å². The lowest BCUT2D eigenvalue weighted by Gasteiger charge is -2.25. The average Bonchev–Trinajstić information content (AvgIpc) is 2.99. The van der Waals surface area contributed by atoms with E-state index in [1.54, 1.807) is 23.1 Å². The van der Waals surface area contributed by atoms with Gasteiger partial charge in [0.15, 0.2) is 5.43 Å². The van der Waals surface area contributed by atoms with Crippen molar-refractivity contribution in [1.29, 1.82) is 0 Å². The van der Waals surface area contributed by atoms with Gasteiger partial charge in [0.25, 0.3) is 5.91 Å². The van der Waals surface area contributed by atoms with Crippen LogP contribution in [-0.4, -0.2) is 30.1 Å². The second kappa shape index (κ2) is 8.01. The predicted octanol–water partition coefficient (Wildman–Crippen LogP) is 4.81. The van der Waals surface area contributed by atoms with Crippen LogP contribution < -0.4 is 5.43 Å². The molecular formula is C23H22ClNO4. The van der Waals surface area contributed by atoms with Crippen molar-refractivity contribution in [2.75, 3.05) is 13.2 Å². The minimum absolute atomic E-state index is 0.114. The van der Waals surface area contributed by atoms with Crippen LogP contribution in [0.2, 0.25) is 5.02 Å². The van der Waals surface area contributed by atoms with Crippen molar-refractivity contribution in [3.05, 3.63) is 80.7 Å². The molecule has 29 heavy (non-hydrogen) atoms. The van der Waals surface area contributed by atoms with Crippen molar-refractivity contribution >= 4 is 28.5 Å². The maximum absolute atomic E-state index is 13.3. The lowest BCUT2D eigenvalue weighted by molar-refractivity contribution is 0.0593. The Labute approximate surface area is 173 Å². The van der Waals surface area contributed by atoms with Gasteiger partial charge in [-0.2, -0.15) is 0 Å². The van der Waals surface area contributed by atoms with Gasteiger partial charge in [0.1, 0.15) is 5.58 Å². The Morgan fingerprint density at radius 1 is 1.14 bits per heavy atom. The molecule has 0 radical (unpaired) electrons. The average molecular weight is 412 g/mol. The molecule has 1 aliphatic heterocycles. The van der Waals surface area contributed by atoms with Gasteiger partial charge in [-0.15, -0.1) is 0 Å². The van der Waals surface area contributed by atoms with Gasteiger partial charge >= 0.3 is 0 Å². The largest absolute Gasteiger partial charge is 0.450 e. The van der Waals surface area contributed by atoms with Gasteiger partial charge in [-0.05, 0) is 44.0 Å². The summed E-state index contributed by atoms with van der Waals surface area (Å²) in [6, 6.07) is 13.9. The first-order valence-corrected chi connectivity index (χ1v) is 10.1. The summed E-state index contributed by atoms with van der Waals surface area (Å²) in [6.07, 6.45) is 0.797. The second-order valence-corrected chi connectivity index (χ2v) is 7.84. The van der Waals surface area contributed by atoms with Gasteiger partial charge in [-0.25, -0.2) is 0 Å². The Bertz CT molecular complexity index is 1110. The molecule has 1 atom stereocenters. The molecule has 0 fully saturated rings. The number of amides is 1. The highest BCUT2D eigenvalue weighted by atomic mass is 35.5. The van der Waals surface area contributed by atoms with Crippen LogP contribution >= 0.6 is 11.6 Å². The van der Waals surface area contributed by atoms with Gasteiger partial charge in [0, 0.05) is 18.2 Å². The summed E-state index contributed by atoms with van der Waals surface area (Å²) in [5.41, 5.74) is 1.40. The number of rotatable bonds is 6. The van der Waals surface area contributed by atoms with Gasteiger partial charge < -0.3 is 14.1 Å². The van der Waals surface area contributed by atoms with Crippen molar-refractivity contribution in [2.45, 2.75) is 32.4 Å². The molecule has 6 heteroatoms. The van der Waals surface area contributed by atoms with Crippen LogP contribution in [0.25, 0.3) is 11.0 Å². The molecule has 0 N–H and O–H groups in total. The molecular weight excluding hydrogens is 390 g/mol. The van der Waals surface area contributed by atoms with Gasteiger partial charge in [-0.3, -0.25) is 9.59 Å². The number of ether oxygens (including phenoxy) is 1. The third kappa shape index (κ3) is 3.68. The van der Waals surface area contributed by atoms with E-state index in [2.05, 4.69) is 0 Å². The maximum atomic E-state index is 13.3. The van der Waals surface area contributed by atoms with Gasteiger partial charge in [-0.1, -0.05) is 41.9 Å². The van der Waals surface area contributed by atoms with Crippen molar-refractivity contribution in [1.82, 2.24) is 4.90 Å². The zero-order valence-electron chi connectivity index (χ0n) is 16.4. The van der Waals surface area contributed by atoms with Crippen molar-refractivity contribution in [3.63, 3.8) is 0 Å². The topological polar surface area (TPSA) is 59.8 Å². The van der Waals surface area contributed by atoms with E-state index < -0.39 is 6.04 Å². The Balaban J connectivity index is 1.80. The summed E-state index contributed by atoms with van der Waals surface area (Å²) in [4.78, 5) is 28.2. The molecule has 3 aromatic rings. The fourth-order valence-electron chi connectivity index (χ4n) is 3.76. The zero-order valence-corrected chi connectivity index (χ0v) is 17.1. The number of carbonyl (C=O) groups is 1. The number of fused-ring (bicyclic) bond motifs is 2. The van der Waals surface area contributed by atoms with Crippen LogP contribution in [0, 0.1) is 0 Å². The lowest BCUT2D eigenvalue weighted by Crippen LogP contribution is -2.31. The molecule has 0 aliphatic carbocycles. The Kier molecular flexibility index (Phi) is 5.43. The van der Waals surface area contributed by atoms with Crippen LogP contribution in [0.4, 0.5) is 0 Å². The van der Waals surface area contributed by atoms with E-state index in [1.165, 1.54) is 0 Å². The first kappa shape index (κ1) is 19.7. The fourth-order valence-corrected chi connectivity index (χ4v) is 3.93. The molecule has 1 aromatic heterocycles. The number of halogens is 1. The van der Waals surface area contributed by atoms with Crippen LogP contribution in [0.3, 0.4) is 0 Å². The molecule has 150 valence electrons. The van der Waals surface area contributed by atoms with Crippen molar-refractivity contribution in [2.24, 2.45) is 0 Å². The normalized spacial score (nSPS) is 16.1. The van der Waals surface area contributed by atoms with Gasteiger partial charge in [0.2, 0.25) is 5.76 Å². The second-order valence-electron chi connectivity index (χ2n) is 7.40. The zero-order chi connectivity index (χ0) is 20.5. The Morgan fingerprint density at radius 2 is 1.90 bits per heavy atom. The quantitative estimate of drug-likeness (QED) is 0.546. The molecule has 1 aliphatic rings. The third-order valence-electron chi connectivity index (χ3n) is 5.04. The number of hydrogen-bond acceptors (Lipinski definition) is 4. The number of benzene rings is 2. The highest BCUT2D eigenvalue weighted by Crippen LogP contribution is 2.38. The number of nitrogens with zero attached hydrogens (tertiary/aromatic N) is 1. The summed E-state index contributed by atoms with van der Waals surface area (Å²) < 4.78 is 11.5. The fraction of sp³-hybridized carbons (Fsp3) is 0.304. The SMILES string of the molecule is CC(C)OCCCN1C(=O)c2oc3ccc(Cl)cc3c(=O)c2[C@@H]1c1ccccc1. The number of carbonyl (C=O) groups excluding carboxylic acids is 1. The molecule has 1 amide bonds. The maximum Gasteiger partial charge on any atom is 0.290 e. The highest BCUT2D eigenvalue weighted by Gasteiger charge is 2.42. The smallest absolute Gasteiger partial charge is 0.290 e. The van der Waals surface area contributed by atoms with E-state index in [0.29, 0.717) is 41.1 Å². The van der Waals surface area contributed by atoms with Crippen LogP contribution in [-0.2, 0) is 4.74 Å². The molecule has 5 nitrogen and oxygen atoms in total. The number of hydrogen-bond donors (Lipinski definition) is 0. The van der Waals surface area contributed by atoms with E-state index in [-0.39, 0.29) is 23.2 Å². The van der Waals surface area contributed by atoms with E-state index >= 15 is 0 Å².